The van der Waals surface area contributed by atoms with Crippen LogP contribution in [0, 0.1) is 17.1 Å². The van der Waals surface area contributed by atoms with E-state index in [2.05, 4.69) is 32.3 Å². The molecule has 2 aromatic carbocycles. The predicted octanol–water partition coefficient (Wildman–Crippen LogP) is 5.90. The van der Waals surface area contributed by atoms with E-state index in [1.54, 1.807) is 55.0 Å². The fraction of sp³-hybridized carbons (Fsp3) is 0.292. The number of hydrogen-bond donors (Lipinski definition) is 1. The normalized spacial score (nSPS) is 12.6. The zero-order valence-corrected chi connectivity index (χ0v) is 21.2. The van der Waals surface area contributed by atoms with Gasteiger partial charge >= 0.3 is 5.97 Å². The Morgan fingerprint density at radius 3 is 2.65 bits per heavy atom. The highest BCUT2D eigenvalue weighted by molar-refractivity contribution is 9.10. The summed E-state index contributed by atoms with van der Waals surface area (Å²) in [7, 11) is 1.57. The van der Waals surface area contributed by atoms with Crippen molar-refractivity contribution in [3.63, 3.8) is 0 Å². The van der Waals surface area contributed by atoms with Gasteiger partial charge in [0.25, 0.3) is 0 Å². The van der Waals surface area contributed by atoms with Crippen molar-refractivity contribution in [2.45, 2.75) is 25.9 Å². The van der Waals surface area contributed by atoms with Gasteiger partial charge in [-0.15, -0.1) is 0 Å². The molecule has 0 aliphatic heterocycles. The summed E-state index contributed by atoms with van der Waals surface area (Å²) in [5.41, 5.74) is 1.78. The Morgan fingerprint density at radius 2 is 2.03 bits per heavy atom. The highest BCUT2D eigenvalue weighted by Gasteiger charge is 2.32. The van der Waals surface area contributed by atoms with Crippen LogP contribution in [0.2, 0.25) is 5.02 Å². The van der Waals surface area contributed by atoms with E-state index in [0.29, 0.717) is 28.2 Å². The number of rotatable bonds is 9. The van der Waals surface area contributed by atoms with Crippen LogP contribution in [0.15, 0.2) is 47.2 Å². The van der Waals surface area contributed by atoms with Gasteiger partial charge in [0, 0.05) is 7.11 Å². The smallest absolute Gasteiger partial charge is 0.358 e. The van der Waals surface area contributed by atoms with E-state index in [4.69, 9.17) is 21.1 Å². The lowest BCUT2D eigenvalue weighted by molar-refractivity contribution is 0.0518. The molecular weight excluding hydrogens is 527 g/mol. The molecule has 1 heterocycles. The third-order valence-corrected chi connectivity index (χ3v) is 5.97. The fourth-order valence-electron chi connectivity index (χ4n) is 3.61. The number of methoxy groups -OCH3 is 1. The Hall–Kier alpha value is -2.93. The van der Waals surface area contributed by atoms with E-state index in [-0.39, 0.29) is 29.1 Å². The number of nitrogens with one attached hydrogen (secondary N) is 1. The number of nitrogens with zero attached hydrogens (tertiary/aromatic N) is 3. The van der Waals surface area contributed by atoms with Crippen LogP contribution in [0.5, 0.6) is 0 Å². The van der Waals surface area contributed by atoms with Gasteiger partial charge in [-0.3, -0.25) is 0 Å². The molecule has 7 nitrogen and oxygen atoms in total. The van der Waals surface area contributed by atoms with E-state index >= 15 is 0 Å². The number of esters is 1. The fourth-order valence-corrected chi connectivity index (χ4v) is 4.50. The van der Waals surface area contributed by atoms with E-state index in [0.717, 1.165) is 0 Å². The van der Waals surface area contributed by atoms with Gasteiger partial charge in [-0.2, -0.15) is 5.26 Å². The molecule has 0 amide bonds. The van der Waals surface area contributed by atoms with Crippen LogP contribution in [0.3, 0.4) is 0 Å². The van der Waals surface area contributed by atoms with Crippen LogP contribution in [-0.2, 0) is 9.47 Å². The maximum atomic E-state index is 14.9. The largest absolute Gasteiger partial charge is 0.461 e. The second kappa shape index (κ2) is 11.5. The van der Waals surface area contributed by atoms with Crippen molar-refractivity contribution in [1.29, 1.82) is 5.26 Å². The van der Waals surface area contributed by atoms with Gasteiger partial charge in [0.15, 0.2) is 16.2 Å². The summed E-state index contributed by atoms with van der Waals surface area (Å²) < 4.78 is 27.7. The molecule has 10 heteroatoms. The third kappa shape index (κ3) is 5.41. The van der Waals surface area contributed by atoms with E-state index in [1.165, 1.54) is 6.07 Å². The minimum atomic E-state index is -0.752. The number of halogens is 3. The Labute approximate surface area is 210 Å². The topological polar surface area (TPSA) is 89.2 Å². The van der Waals surface area contributed by atoms with Crippen LogP contribution < -0.4 is 5.32 Å². The van der Waals surface area contributed by atoms with Gasteiger partial charge in [0.1, 0.15) is 0 Å². The van der Waals surface area contributed by atoms with Crippen molar-refractivity contribution in [1.82, 2.24) is 9.55 Å². The number of carbonyl (C=O) groups is 1. The monoisotopic (exact) mass is 548 g/mol. The van der Waals surface area contributed by atoms with Crippen molar-refractivity contribution in [3.05, 3.63) is 80.6 Å². The highest BCUT2D eigenvalue weighted by Crippen LogP contribution is 2.36. The van der Waals surface area contributed by atoms with Crippen molar-refractivity contribution in [2.75, 3.05) is 25.6 Å². The Balaban J connectivity index is 2.27. The van der Waals surface area contributed by atoms with Crippen LogP contribution in [0.1, 0.15) is 53.2 Å². The minimum absolute atomic E-state index is 0.0448. The lowest BCUT2D eigenvalue weighted by Gasteiger charge is -2.26. The molecule has 2 atom stereocenters. The Morgan fingerprint density at radius 1 is 1.32 bits per heavy atom. The number of benzene rings is 2. The van der Waals surface area contributed by atoms with Crippen LogP contribution in [0.4, 0.5) is 10.1 Å². The van der Waals surface area contributed by atoms with E-state index < -0.39 is 17.8 Å². The number of hydrogen-bond acceptors (Lipinski definition) is 6. The molecule has 178 valence electrons. The second-order valence-electron chi connectivity index (χ2n) is 7.42. The first kappa shape index (κ1) is 25.7. The summed E-state index contributed by atoms with van der Waals surface area (Å²) in [6, 6.07) is 12.5. The summed E-state index contributed by atoms with van der Waals surface area (Å²) in [5, 5.41) is 12.3. The number of imidazole rings is 1. The highest BCUT2D eigenvalue weighted by atomic mass is 79.9. The SMILES string of the molecule is CCOC(=O)c1nc(Br)n(C(C)COC)c1C(Nc1cccc(Cl)c1F)c1ccc(C#N)cc1. The zero-order valence-electron chi connectivity index (χ0n) is 18.8. The minimum Gasteiger partial charge on any atom is -0.461 e. The van der Waals surface area contributed by atoms with Crippen LogP contribution in [-0.4, -0.2) is 35.8 Å². The molecule has 0 radical (unpaired) electrons. The first-order valence-electron chi connectivity index (χ1n) is 10.5. The van der Waals surface area contributed by atoms with Crippen LogP contribution in [0.25, 0.3) is 0 Å². The molecule has 0 spiro atoms. The molecule has 0 saturated carbocycles. The van der Waals surface area contributed by atoms with Crippen LogP contribution >= 0.6 is 27.5 Å². The number of aromatic nitrogens is 2. The molecule has 0 saturated heterocycles. The molecule has 3 aromatic rings. The summed E-state index contributed by atoms with van der Waals surface area (Å²) in [4.78, 5) is 17.3. The molecule has 0 bridgehead atoms. The average molecular weight is 550 g/mol. The van der Waals surface area contributed by atoms with Gasteiger partial charge in [-0.25, -0.2) is 14.2 Å². The predicted molar refractivity (Wildman–Crippen MR) is 131 cm³/mol. The lowest BCUT2D eigenvalue weighted by atomic mass is 9.99. The van der Waals surface area contributed by atoms with Gasteiger partial charge in [-0.1, -0.05) is 29.8 Å². The molecule has 2 unspecified atom stereocenters. The van der Waals surface area contributed by atoms with E-state index in [9.17, 15) is 14.4 Å². The standard InChI is InChI=1S/C24H23BrClFN4O3/c1-4-34-23(32)21-22(31(24(25)30-21)14(2)13-33-3)20(16-10-8-15(12-28)9-11-16)29-18-7-5-6-17(26)19(18)27/h5-11,14,20,29H,4,13H2,1-3H3. The number of nitriles is 1. The van der Waals surface area contributed by atoms with E-state index in [1.807, 2.05) is 6.92 Å². The Bertz CT molecular complexity index is 1210. The van der Waals surface area contributed by atoms with Crippen molar-refractivity contribution < 1.29 is 18.7 Å². The van der Waals surface area contributed by atoms with Gasteiger partial charge < -0.3 is 19.4 Å². The maximum Gasteiger partial charge on any atom is 0.358 e. The van der Waals surface area contributed by atoms with Gasteiger partial charge in [0.2, 0.25) is 0 Å². The first-order chi connectivity index (χ1) is 16.3. The average Bonchev–Trinajstić information content (AvgIpc) is 3.17. The number of carbonyl (C=O) groups excluding carboxylic acids is 1. The third-order valence-electron chi connectivity index (χ3n) is 5.12. The summed E-state index contributed by atoms with van der Waals surface area (Å²) in [5.74, 6) is -1.25. The molecule has 3 rings (SSSR count). The molecule has 34 heavy (non-hydrogen) atoms. The maximum absolute atomic E-state index is 14.9. The molecule has 1 aromatic heterocycles. The molecule has 1 N–H and O–H groups in total. The molecule has 0 aliphatic rings. The second-order valence-corrected chi connectivity index (χ2v) is 8.54. The number of anilines is 1. The van der Waals surface area contributed by atoms with Crippen molar-refractivity contribution >= 4 is 39.2 Å². The Kier molecular flexibility index (Phi) is 8.67. The molecular formula is C24H23BrClFN4O3. The zero-order chi connectivity index (χ0) is 24.8. The quantitative estimate of drug-likeness (QED) is 0.335. The van der Waals surface area contributed by atoms with Crippen molar-refractivity contribution in [2.24, 2.45) is 0 Å². The first-order valence-corrected chi connectivity index (χ1v) is 11.6. The van der Waals surface area contributed by atoms with Crippen molar-refractivity contribution in [3.8, 4) is 6.07 Å². The lowest BCUT2D eigenvalue weighted by Crippen LogP contribution is -2.24. The molecule has 0 aliphatic carbocycles. The molecule has 0 fully saturated rings. The summed E-state index contributed by atoms with van der Waals surface area (Å²) in [6.45, 7) is 4.10. The van der Waals surface area contributed by atoms with Gasteiger partial charge in [0.05, 0.1) is 53.3 Å². The van der Waals surface area contributed by atoms with Gasteiger partial charge in [-0.05, 0) is 59.6 Å². The summed E-state index contributed by atoms with van der Waals surface area (Å²) >= 11 is 9.47. The summed E-state index contributed by atoms with van der Waals surface area (Å²) in [6.07, 6.45) is 0. The number of ether oxygens (including phenoxy) is 2.